The Labute approximate surface area is 166 Å². The molecule has 0 amide bonds. The summed E-state index contributed by atoms with van der Waals surface area (Å²) < 4.78 is 0. The van der Waals surface area contributed by atoms with E-state index in [0.29, 0.717) is 6.54 Å². The molecule has 2 heterocycles. The lowest BCUT2D eigenvalue weighted by atomic mass is 10.0. The smallest absolute Gasteiger partial charge is 0.191 e. The van der Waals surface area contributed by atoms with Gasteiger partial charge in [-0.05, 0) is 44.1 Å². The third-order valence-corrected chi connectivity index (χ3v) is 6.32. The highest BCUT2D eigenvalue weighted by molar-refractivity contribution is 7.99. The van der Waals surface area contributed by atoms with Crippen LogP contribution < -0.4 is 15.5 Å². The maximum Gasteiger partial charge on any atom is 0.191 e. The maximum absolute atomic E-state index is 10.5. The molecule has 1 aromatic rings. The molecule has 2 fully saturated rings. The maximum atomic E-state index is 10.5. The molecule has 0 aromatic heterocycles. The highest BCUT2D eigenvalue weighted by atomic mass is 32.2. The van der Waals surface area contributed by atoms with Crippen molar-refractivity contribution < 1.29 is 5.11 Å². The summed E-state index contributed by atoms with van der Waals surface area (Å²) in [6, 6.07) is 10.3. The van der Waals surface area contributed by atoms with Gasteiger partial charge in [0, 0.05) is 31.4 Å². The number of hydrogen-bond donors (Lipinski definition) is 3. The molecule has 0 aliphatic carbocycles. The van der Waals surface area contributed by atoms with Gasteiger partial charge in [0.25, 0.3) is 0 Å². The number of aliphatic imine (C=N–C) groups is 1. The predicted octanol–water partition coefficient (Wildman–Crippen LogP) is 1.95. The Morgan fingerprint density at radius 2 is 2.33 bits per heavy atom. The second kappa shape index (κ2) is 9.34. The molecule has 0 spiro atoms. The molecule has 7 heteroatoms. The first kappa shape index (κ1) is 19.8. The topological polar surface area (TPSA) is 83.7 Å². The van der Waals surface area contributed by atoms with Crippen molar-refractivity contribution in [3.63, 3.8) is 0 Å². The van der Waals surface area contributed by atoms with Gasteiger partial charge in [-0.2, -0.15) is 17.0 Å². The minimum Gasteiger partial charge on any atom is -0.387 e. The first-order chi connectivity index (χ1) is 13.1. The van der Waals surface area contributed by atoms with E-state index in [9.17, 15) is 10.4 Å². The normalized spacial score (nSPS) is 25.9. The van der Waals surface area contributed by atoms with Crippen LogP contribution >= 0.6 is 11.8 Å². The number of hydrogen-bond acceptors (Lipinski definition) is 5. The predicted molar refractivity (Wildman–Crippen MR) is 112 cm³/mol. The number of thioether (sulfide) groups is 1. The number of benzene rings is 1. The van der Waals surface area contributed by atoms with Crippen molar-refractivity contribution in [3.8, 4) is 6.07 Å². The van der Waals surface area contributed by atoms with E-state index in [0.717, 1.165) is 67.6 Å². The Morgan fingerprint density at radius 3 is 3.07 bits per heavy atom. The Morgan fingerprint density at radius 1 is 1.48 bits per heavy atom. The Kier molecular flexibility index (Phi) is 6.86. The highest BCUT2D eigenvalue weighted by Crippen LogP contribution is 2.28. The molecule has 1 aromatic carbocycles. The first-order valence-corrected chi connectivity index (χ1v) is 10.9. The van der Waals surface area contributed by atoms with Crippen molar-refractivity contribution in [1.29, 1.82) is 5.26 Å². The van der Waals surface area contributed by atoms with Crippen molar-refractivity contribution in [3.05, 3.63) is 29.8 Å². The number of guanidine groups is 1. The van der Waals surface area contributed by atoms with Crippen molar-refractivity contribution in [1.82, 2.24) is 10.6 Å². The standard InChI is InChI=1S/C20H29N5OS/c1-2-22-19(23-14-20(26)9-11-27-15-20)24-17-7-5-10-25(13-17)18-8-4-3-6-16(18)12-21/h3-4,6,8,17,26H,2,5,7,9-11,13-15H2,1H3,(H2,22,23,24). The number of nitrogens with one attached hydrogen (secondary N) is 2. The van der Waals surface area contributed by atoms with Crippen LogP contribution in [0.5, 0.6) is 0 Å². The summed E-state index contributed by atoms with van der Waals surface area (Å²) in [6.45, 7) is 5.06. The molecule has 2 aliphatic rings. The summed E-state index contributed by atoms with van der Waals surface area (Å²) in [6.07, 6.45) is 2.94. The van der Waals surface area contributed by atoms with Gasteiger partial charge in [0.05, 0.1) is 23.4 Å². The Hall–Kier alpha value is -1.91. The van der Waals surface area contributed by atoms with E-state index in [4.69, 9.17) is 0 Å². The van der Waals surface area contributed by atoms with E-state index in [1.54, 1.807) is 11.8 Å². The SMILES string of the molecule is CCNC(=NCC1(O)CCSC1)NC1CCCN(c2ccccc2C#N)C1. The monoisotopic (exact) mass is 387 g/mol. The summed E-state index contributed by atoms with van der Waals surface area (Å²) in [7, 11) is 0. The quantitative estimate of drug-likeness (QED) is 0.529. The zero-order valence-corrected chi connectivity index (χ0v) is 16.8. The van der Waals surface area contributed by atoms with Crippen LogP contribution in [0.3, 0.4) is 0 Å². The number of aliphatic hydroxyl groups is 1. The molecule has 2 saturated heterocycles. The average molecular weight is 388 g/mol. The molecule has 0 saturated carbocycles. The fraction of sp³-hybridized carbons (Fsp3) is 0.600. The number of para-hydroxylation sites is 1. The van der Waals surface area contributed by atoms with Gasteiger partial charge in [-0.25, -0.2) is 0 Å². The van der Waals surface area contributed by atoms with Gasteiger partial charge in [-0.3, -0.25) is 4.99 Å². The van der Waals surface area contributed by atoms with Gasteiger partial charge in [0.1, 0.15) is 6.07 Å². The van der Waals surface area contributed by atoms with Gasteiger partial charge in [-0.1, -0.05) is 12.1 Å². The average Bonchev–Trinajstić information content (AvgIpc) is 3.13. The van der Waals surface area contributed by atoms with Crippen LogP contribution in [0, 0.1) is 11.3 Å². The zero-order valence-electron chi connectivity index (χ0n) is 15.9. The number of rotatable bonds is 5. The van der Waals surface area contributed by atoms with E-state index >= 15 is 0 Å². The van der Waals surface area contributed by atoms with Gasteiger partial charge < -0.3 is 20.6 Å². The number of nitriles is 1. The molecular formula is C20H29N5OS. The molecule has 0 radical (unpaired) electrons. The molecule has 6 nitrogen and oxygen atoms in total. The lowest BCUT2D eigenvalue weighted by molar-refractivity contribution is 0.0778. The van der Waals surface area contributed by atoms with Gasteiger partial charge >= 0.3 is 0 Å². The minimum absolute atomic E-state index is 0.260. The van der Waals surface area contributed by atoms with E-state index in [1.165, 1.54) is 0 Å². The summed E-state index contributed by atoms with van der Waals surface area (Å²) >= 11 is 1.79. The molecule has 3 N–H and O–H groups in total. The van der Waals surface area contributed by atoms with Crippen LogP contribution in [0.2, 0.25) is 0 Å². The van der Waals surface area contributed by atoms with Crippen LogP contribution in [0.25, 0.3) is 0 Å². The molecule has 2 aliphatic heterocycles. The van der Waals surface area contributed by atoms with Crippen LogP contribution in [0.4, 0.5) is 5.69 Å². The summed E-state index contributed by atoms with van der Waals surface area (Å²) in [5, 5.41) is 26.8. The molecule has 3 rings (SSSR count). The summed E-state index contributed by atoms with van der Waals surface area (Å²) in [5.41, 5.74) is 1.06. The van der Waals surface area contributed by atoms with Crippen LogP contribution in [0.1, 0.15) is 31.7 Å². The van der Waals surface area contributed by atoms with E-state index in [1.807, 2.05) is 31.2 Å². The molecule has 2 unspecified atom stereocenters. The lowest BCUT2D eigenvalue weighted by Crippen LogP contribution is -2.51. The summed E-state index contributed by atoms with van der Waals surface area (Å²) in [4.78, 5) is 6.94. The van der Waals surface area contributed by atoms with Gasteiger partial charge in [0.15, 0.2) is 5.96 Å². The van der Waals surface area contributed by atoms with Crippen LogP contribution in [0.15, 0.2) is 29.3 Å². The third kappa shape index (κ3) is 5.30. The van der Waals surface area contributed by atoms with Crippen molar-refractivity contribution in [2.75, 3.05) is 42.6 Å². The molecular weight excluding hydrogens is 358 g/mol. The molecule has 146 valence electrons. The molecule has 2 atom stereocenters. The largest absolute Gasteiger partial charge is 0.387 e. The number of piperidine rings is 1. The zero-order chi connectivity index (χ0) is 19.1. The van der Waals surface area contributed by atoms with Crippen molar-refractivity contribution >= 4 is 23.4 Å². The number of anilines is 1. The van der Waals surface area contributed by atoms with E-state index < -0.39 is 5.60 Å². The third-order valence-electron chi connectivity index (χ3n) is 5.09. The Balaban J connectivity index is 1.64. The van der Waals surface area contributed by atoms with Crippen LogP contribution in [-0.4, -0.2) is 60.4 Å². The van der Waals surface area contributed by atoms with E-state index in [2.05, 4.69) is 26.6 Å². The lowest BCUT2D eigenvalue weighted by Gasteiger charge is -2.36. The second-order valence-corrected chi connectivity index (χ2v) is 8.39. The second-order valence-electron chi connectivity index (χ2n) is 7.28. The molecule has 27 heavy (non-hydrogen) atoms. The van der Waals surface area contributed by atoms with Crippen molar-refractivity contribution in [2.45, 2.75) is 37.8 Å². The van der Waals surface area contributed by atoms with Gasteiger partial charge in [0.2, 0.25) is 0 Å². The number of nitrogens with zero attached hydrogens (tertiary/aromatic N) is 3. The fourth-order valence-electron chi connectivity index (χ4n) is 3.62. The Bertz CT molecular complexity index is 696. The highest BCUT2D eigenvalue weighted by Gasteiger charge is 2.31. The first-order valence-electron chi connectivity index (χ1n) is 9.72. The van der Waals surface area contributed by atoms with E-state index in [-0.39, 0.29) is 6.04 Å². The van der Waals surface area contributed by atoms with Crippen molar-refractivity contribution in [2.24, 2.45) is 4.99 Å². The van der Waals surface area contributed by atoms with Gasteiger partial charge in [-0.15, -0.1) is 0 Å². The molecule has 0 bridgehead atoms. The summed E-state index contributed by atoms with van der Waals surface area (Å²) in [5.74, 6) is 2.53. The minimum atomic E-state index is -0.669. The van der Waals surface area contributed by atoms with Crippen LogP contribution in [-0.2, 0) is 0 Å². The fourth-order valence-corrected chi connectivity index (χ4v) is 4.90.